The van der Waals surface area contributed by atoms with Gasteiger partial charge in [-0.05, 0) is 29.2 Å². The van der Waals surface area contributed by atoms with E-state index < -0.39 is 17.6 Å². The van der Waals surface area contributed by atoms with E-state index in [0.717, 1.165) is 11.1 Å². The molecule has 0 radical (unpaired) electrons. The Morgan fingerprint density at radius 2 is 1.72 bits per heavy atom. The van der Waals surface area contributed by atoms with Gasteiger partial charge in [0.1, 0.15) is 25.5 Å². The summed E-state index contributed by atoms with van der Waals surface area (Å²) in [5, 5.41) is 3.59. The van der Waals surface area contributed by atoms with Crippen molar-refractivity contribution in [3.05, 3.63) is 126 Å². The van der Waals surface area contributed by atoms with Crippen molar-refractivity contribution in [1.82, 2.24) is 14.9 Å². The molecular weight excluding hydrogens is 452 g/mol. The molecule has 0 aliphatic heterocycles. The van der Waals surface area contributed by atoms with Gasteiger partial charge >= 0.3 is 11.9 Å². The summed E-state index contributed by atoms with van der Waals surface area (Å²) in [4.78, 5) is 29.2. The highest BCUT2D eigenvalue weighted by Gasteiger charge is 2.37. The third-order valence-electron chi connectivity index (χ3n) is 5.78. The lowest BCUT2D eigenvalue weighted by atomic mass is 9.81. The summed E-state index contributed by atoms with van der Waals surface area (Å²) in [5.74, 6) is -0.235. The minimum absolute atomic E-state index is 0.158. The van der Waals surface area contributed by atoms with Crippen molar-refractivity contribution in [1.29, 1.82) is 0 Å². The first kappa shape index (κ1) is 26.5. The van der Waals surface area contributed by atoms with Crippen LogP contribution in [0.1, 0.15) is 24.5 Å². The predicted octanol–water partition coefficient (Wildman–Crippen LogP) is 5.08. The average molecular weight is 486 g/mol. The van der Waals surface area contributed by atoms with Crippen LogP contribution in [0.15, 0.2) is 110 Å². The molecule has 0 spiro atoms. The van der Waals surface area contributed by atoms with Crippen molar-refractivity contribution in [2.24, 2.45) is 0 Å². The molecule has 0 amide bonds. The number of benzene rings is 2. The van der Waals surface area contributed by atoms with Crippen molar-refractivity contribution in [2.45, 2.75) is 31.5 Å². The number of ether oxygens (including phenoxy) is 1. The second kappa shape index (κ2) is 13.1. The van der Waals surface area contributed by atoms with Gasteiger partial charge in [0.15, 0.2) is 0 Å². The Balaban J connectivity index is 2.11. The second-order valence-corrected chi connectivity index (χ2v) is 8.23. The molecule has 3 rings (SSSR count). The van der Waals surface area contributed by atoms with Crippen LogP contribution in [-0.4, -0.2) is 40.5 Å². The fourth-order valence-corrected chi connectivity index (χ4v) is 4.09. The summed E-state index contributed by atoms with van der Waals surface area (Å²) in [6.45, 7) is 2.13. The smallest absolute Gasteiger partial charge is 0.434 e. The summed E-state index contributed by atoms with van der Waals surface area (Å²) in [7, 11) is 2.74. The number of allylic oxidation sites excluding steroid dienone is 5. The topological polar surface area (TPSA) is 76.2 Å². The summed E-state index contributed by atoms with van der Waals surface area (Å²) in [6, 6.07) is 19.2. The molecule has 1 heterocycles. The van der Waals surface area contributed by atoms with Gasteiger partial charge in [0.2, 0.25) is 0 Å². The number of aromatic nitrogens is 2. The molecule has 0 saturated heterocycles. The third kappa shape index (κ3) is 6.52. The number of hydrogen-bond acceptors (Lipinski definition) is 5. The fraction of sp³-hybridized carbons (Fsp3) is 0.241. The van der Waals surface area contributed by atoms with Gasteiger partial charge in [-0.3, -0.25) is 10.1 Å². The minimum atomic E-state index is -0.847. The van der Waals surface area contributed by atoms with Crippen LogP contribution < -0.4 is 5.32 Å². The van der Waals surface area contributed by atoms with Crippen molar-refractivity contribution in [3.8, 4) is 0 Å². The van der Waals surface area contributed by atoms with Crippen LogP contribution in [0.5, 0.6) is 0 Å². The van der Waals surface area contributed by atoms with Gasteiger partial charge in [0, 0.05) is 0 Å². The van der Waals surface area contributed by atoms with Crippen LogP contribution in [0.25, 0.3) is 0 Å². The Morgan fingerprint density at radius 3 is 2.28 bits per heavy atom. The lowest BCUT2D eigenvalue weighted by Crippen LogP contribution is -2.52. The number of methoxy groups -OCH3 is 1. The van der Waals surface area contributed by atoms with Crippen molar-refractivity contribution >= 4 is 11.9 Å². The molecule has 1 unspecified atom stereocenters. The quantitative estimate of drug-likeness (QED) is 0.168. The van der Waals surface area contributed by atoms with E-state index in [0.29, 0.717) is 11.2 Å². The zero-order chi connectivity index (χ0) is 25.8. The second-order valence-electron chi connectivity index (χ2n) is 8.23. The molecule has 0 aliphatic carbocycles. The first-order valence-corrected chi connectivity index (χ1v) is 11.9. The monoisotopic (exact) mass is 485 g/mol. The number of nitrogens with one attached hydrogen (secondary N) is 1. The molecule has 2 aromatic carbocycles. The van der Waals surface area contributed by atoms with E-state index in [9.17, 15) is 9.70 Å². The van der Waals surface area contributed by atoms with Gasteiger partial charge in [-0.2, -0.15) is 0 Å². The van der Waals surface area contributed by atoms with Crippen LogP contribution in [0.3, 0.4) is 0 Å². The van der Waals surface area contributed by atoms with Crippen LogP contribution in [0.4, 0.5) is 5.95 Å². The lowest BCUT2D eigenvalue weighted by molar-refractivity contribution is -0.439. The normalized spacial score (nSPS) is 13.0. The first-order valence-electron chi connectivity index (χ1n) is 11.9. The average Bonchev–Trinajstić information content (AvgIpc) is 3.38. The molecule has 1 N–H and O–H groups in total. The molecule has 0 fully saturated rings. The SMILES string of the molecule is C/C=C\C=CC/C=C/C(NC(Cn1ccnc1[N+](C)=O)C(=O)OC)(c1ccccc1)c1ccccc1. The van der Waals surface area contributed by atoms with E-state index in [-0.39, 0.29) is 12.5 Å². The van der Waals surface area contributed by atoms with Crippen molar-refractivity contribution < 1.29 is 14.3 Å². The fourth-order valence-electron chi connectivity index (χ4n) is 4.09. The number of rotatable bonds is 12. The molecule has 7 nitrogen and oxygen atoms in total. The van der Waals surface area contributed by atoms with Crippen molar-refractivity contribution in [2.75, 3.05) is 14.2 Å². The molecule has 1 aromatic heterocycles. The number of carbonyl (C=O) groups is 1. The molecule has 0 saturated carbocycles. The lowest BCUT2D eigenvalue weighted by Gasteiger charge is -2.36. The van der Waals surface area contributed by atoms with Gasteiger partial charge < -0.3 is 4.74 Å². The highest BCUT2D eigenvalue weighted by molar-refractivity contribution is 5.76. The third-order valence-corrected chi connectivity index (χ3v) is 5.78. The maximum atomic E-state index is 13.1. The number of esters is 1. The molecule has 1 atom stereocenters. The number of imidazole rings is 1. The summed E-state index contributed by atoms with van der Waals surface area (Å²) < 4.78 is 7.50. The Labute approximate surface area is 212 Å². The zero-order valence-corrected chi connectivity index (χ0v) is 21.0. The molecular formula is C29H33N4O3+. The number of nitrogens with zero attached hydrogens (tertiary/aromatic N) is 3. The molecule has 0 bridgehead atoms. The Kier molecular flexibility index (Phi) is 9.65. The minimum Gasteiger partial charge on any atom is -0.468 e. The van der Waals surface area contributed by atoms with E-state index >= 15 is 0 Å². The first-order chi connectivity index (χ1) is 17.5. The van der Waals surface area contributed by atoms with Gasteiger partial charge in [-0.15, -0.1) is 0 Å². The summed E-state index contributed by atoms with van der Waals surface area (Å²) in [6.07, 6.45) is 16.1. The van der Waals surface area contributed by atoms with E-state index in [1.165, 1.54) is 20.4 Å². The molecule has 0 aliphatic rings. The van der Waals surface area contributed by atoms with E-state index in [4.69, 9.17) is 4.74 Å². The number of nitroso groups, excluding NO2 is 1. The largest absolute Gasteiger partial charge is 0.468 e. The van der Waals surface area contributed by atoms with E-state index in [1.807, 2.05) is 85.8 Å². The van der Waals surface area contributed by atoms with Gasteiger partial charge in [0.05, 0.1) is 19.2 Å². The summed E-state index contributed by atoms with van der Waals surface area (Å²) >= 11 is 0. The van der Waals surface area contributed by atoms with Crippen LogP contribution in [0, 0.1) is 4.91 Å². The van der Waals surface area contributed by atoms with Crippen LogP contribution in [-0.2, 0) is 21.6 Å². The van der Waals surface area contributed by atoms with Crippen LogP contribution >= 0.6 is 0 Å². The van der Waals surface area contributed by atoms with Gasteiger partial charge in [-0.25, -0.2) is 4.57 Å². The maximum absolute atomic E-state index is 13.1. The highest BCUT2D eigenvalue weighted by Crippen LogP contribution is 2.33. The highest BCUT2D eigenvalue weighted by atomic mass is 16.5. The predicted molar refractivity (Wildman–Crippen MR) is 142 cm³/mol. The van der Waals surface area contributed by atoms with Crippen LogP contribution in [0.2, 0.25) is 0 Å². The summed E-state index contributed by atoms with van der Waals surface area (Å²) in [5.41, 5.74) is 1.08. The van der Waals surface area contributed by atoms with Gasteiger partial charge in [-0.1, -0.05) is 107 Å². The number of hydrogen-bond donors (Lipinski definition) is 1. The molecule has 36 heavy (non-hydrogen) atoms. The van der Waals surface area contributed by atoms with E-state index in [2.05, 4.69) is 28.5 Å². The van der Waals surface area contributed by atoms with E-state index in [1.54, 1.807) is 10.8 Å². The Morgan fingerprint density at radius 1 is 1.08 bits per heavy atom. The molecule has 186 valence electrons. The Hall–Kier alpha value is -4.10. The zero-order valence-electron chi connectivity index (χ0n) is 21.0. The molecule has 7 heteroatoms. The van der Waals surface area contributed by atoms with Crippen molar-refractivity contribution in [3.63, 3.8) is 0 Å². The Bertz CT molecular complexity index is 1170. The standard InChI is InChI=1S/C29H33N4O3/c1-4-5-6-7-8-15-20-29(24-16-11-9-12-17-24,25-18-13-10-14-19-25)31-26(27(34)36-3)23-33-22-21-30-28(33)32(2)35/h4-7,9-22,26,31H,8,23H2,1-3H3/q+1/b5-4-,7-6?,20-15+. The van der Waals surface area contributed by atoms with Gasteiger partial charge in [0.25, 0.3) is 0 Å². The number of carbonyl (C=O) groups excluding carboxylic acids is 1. The maximum Gasteiger partial charge on any atom is 0.434 e. The molecule has 3 aromatic rings.